The third-order valence-corrected chi connectivity index (χ3v) is 4.99. The molecular weight excluding hydrogens is 417 g/mol. The van der Waals surface area contributed by atoms with Crippen molar-refractivity contribution in [2.24, 2.45) is 7.05 Å². The molecule has 2 aromatic carbocycles. The fourth-order valence-corrected chi connectivity index (χ4v) is 3.31. The van der Waals surface area contributed by atoms with Crippen LogP contribution in [0.25, 0.3) is 6.08 Å². The highest BCUT2D eigenvalue weighted by atomic mass is 19.1. The zero-order valence-corrected chi connectivity index (χ0v) is 18.1. The largest absolute Gasteiger partial charge is 0.496 e. The van der Waals surface area contributed by atoms with Gasteiger partial charge in [0.25, 0.3) is 0 Å². The van der Waals surface area contributed by atoms with Gasteiger partial charge in [-0.3, -0.25) is 19.6 Å². The number of rotatable bonds is 8. The number of nitro benzene ring substituents is 1. The summed E-state index contributed by atoms with van der Waals surface area (Å²) in [5, 5.41) is 15.4. The average molecular weight is 439 g/mol. The summed E-state index contributed by atoms with van der Waals surface area (Å²) in [6, 6.07) is 8.21. The second kappa shape index (κ2) is 9.42. The standard InChI is InChI=1S/C23H22FN3O5/c1-14-23(15(2)26(3)25-14)20(28)9-5-16-6-10-21(31-4)17(11-16)13-32-22-12-18(24)7-8-19(22)27(29)30/h5-12H,13H2,1-4H3/b9-5+. The summed E-state index contributed by atoms with van der Waals surface area (Å²) in [6.07, 6.45) is 3.11. The highest BCUT2D eigenvalue weighted by Crippen LogP contribution is 2.30. The van der Waals surface area contributed by atoms with Gasteiger partial charge in [-0.25, -0.2) is 4.39 Å². The van der Waals surface area contributed by atoms with E-state index >= 15 is 0 Å². The molecule has 1 heterocycles. The van der Waals surface area contributed by atoms with Crippen molar-refractivity contribution in [3.05, 3.63) is 86.5 Å². The molecule has 9 heteroatoms. The van der Waals surface area contributed by atoms with Crippen molar-refractivity contribution in [1.82, 2.24) is 9.78 Å². The minimum Gasteiger partial charge on any atom is -0.496 e. The molecule has 0 saturated carbocycles. The van der Waals surface area contributed by atoms with Crippen molar-refractivity contribution < 1.29 is 23.6 Å². The molecule has 0 amide bonds. The minimum absolute atomic E-state index is 0.0933. The molecule has 0 unspecified atom stereocenters. The molecule has 1 aromatic heterocycles. The first-order valence-corrected chi connectivity index (χ1v) is 9.67. The lowest BCUT2D eigenvalue weighted by Crippen LogP contribution is -2.02. The van der Waals surface area contributed by atoms with Crippen molar-refractivity contribution in [2.45, 2.75) is 20.5 Å². The zero-order chi connectivity index (χ0) is 23.4. The predicted octanol–water partition coefficient (Wildman–Crippen LogP) is 4.57. The summed E-state index contributed by atoms with van der Waals surface area (Å²) >= 11 is 0. The number of methoxy groups -OCH3 is 1. The Bertz CT molecular complexity index is 1220. The molecule has 0 aliphatic carbocycles. The van der Waals surface area contributed by atoms with E-state index in [1.165, 1.54) is 13.2 Å². The van der Waals surface area contributed by atoms with Crippen LogP contribution in [0.2, 0.25) is 0 Å². The molecule has 0 N–H and O–H groups in total. The van der Waals surface area contributed by atoms with E-state index in [9.17, 15) is 19.3 Å². The lowest BCUT2D eigenvalue weighted by molar-refractivity contribution is -0.386. The second-order valence-corrected chi connectivity index (χ2v) is 7.10. The highest BCUT2D eigenvalue weighted by molar-refractivity contribution is 6.08. The molecule has 0 saturated heterocycles. The first-order valence-electron chi connectivity index (χ1n) is 9.67. The van der Waals surface area contributed by atoms with Crippen molar-refractivity contribution in [2.75, 3.05) is 7.11 Å². The molecule has 0 atom stereocenters. The average Bonchev–Trinajstić information content (AvgIpc) is 3.01. The van der Waals surface area contributed by atoms with Crippen LogP contribution in [0.3, 0.4) is 0 Å². The van der Waals surface area contributed by atoms with E-state index in [0.29, 0.717) is 28.1 Å². The molecular formula is C23H22FN3O5. The number of nitrogens with zero attached hydrogens (tertiary/aromatic N) is 3. The van der Waals surface area contributed by atoms with E-state index in [2.05, 4.69) is 5.10 Å². The van der Waals surface area contributed by atoms with Crippen LogP contribution < -0.4 is 9.47 Å². The zero-order valence-electron chi connectivity index (χ0n) is 18.1. The molecule has 8 nitrogen and oxygen atoms in total. The van der Waals surface area contributed by atoms with Gasteiger partial charge in [0.05, 0.1) is 23.3 Å². The number of halogens is 1. The summed E-state index contributed by atoms with van der Waals surface area (Å²) in [5.74, 6) is -0.506. The molecule has 3 aromatic rings. The van der Waals surface area contributed by atoms with Crippen LogP contribution in [0.15, 0.2) is 42.5 Å². The van der Waals surface area contributed by atoms with E-state index in [1.807, 2.05) is 6.92 Å². The molecule has 3 rings (SSSR count). The van der Waals surface area contributed by atoms with Gasteiger partial charge in [0, 0.05) is 30.4 Å². The summed E-state index contributed by atoms with van der Waals surface area (Å²) in [7, 11) is 3.26. The molecule has 0 aliphatic heterocycles. The van der Waals surface area contributed by atoms with E-state index in [0.717, 1.165) is 23.9 Å². The number of carbonyl (C=O) groups is 1. The lowest BCUT2D eigenvalue weighted by atomic mass is 10.1. The Balaban J connectivity index is 1.83. The van der Waals surface area contributed by atoms with Crippen LogP contribution in [-0.2, 0) is 13.7 Å². The molecule has 0 spiro atoms. The van der Waals surface area contributed by atoms with Crippen molar-refractivity contribution >= 4 is 17.5 Å². The van der Waals surface area contributed by atoms with Crippen LogP contribution in [0.5, 0.6) is 11.5 Å². The van der Waals surface area contributed by atoms with E-state index in [-0.39, 0.29) is 23.8 Å². The molecule has 0 aliphatic rings. The molecule has 0 radical (unpaired) electrons. The van der Waals surface area contributed by atoms with Gasteiger partial charge in [0.1, 0.15) is 18.2 Å². The number of nitro groups is 1. The number of ether oxygens (including phenoxy) is 2. The number of carbonyl (C=O) groups excluding carboxylic acids is 1. The highest BCUT2D eigenvalue weighted by Gasteiger charge is 2.17. The SMILES string of the molecule is COc1ccc(/C=C/C(=O)c2c(C)nn(C)c2C)cc1COc1cc(F)ccc1[N+](=O)[O-]. The van der Waals surface area contributed by atoms with Gasteiger partial charge in [-0.15, -0.1) is 0 Å². The van der Waals surface area contributed by atoms with Gasteiger partial charge < -0.3 is 9.47 Å². The molecule has 0 fully saturated rings. The summed E-state index contributed by atoms with van der Waals surface area (Å²) in [5.41, 5.74) is 2.92. The number of hydrogen-bond donors (Lipinski definition) is 0. The van der Waals surface area contributed by atoms with Crippen LogP contribution >= 0.6 is 0 Å². The van der Waals surface area contributed by atoms with Gasteiger partial charge >= 0.3 is 5.69 Å². The number of benzene rings is 2. The fraction of sp³-hybridized carbons (Fsp3) is 0.217. The van der Waals surface area contributed by atoms with Crippen molar-refractivity contribution in [1.29, 1.82) is 0 Å². The Labute approximate surface area is 184 Å². The fourth-order valence-electron chi connectivity index (χ4n) is 3.31. The Kier molecular flexibility index (Phi) is 6.67. The predicted molar refractivity (Wildman–Crippen MR) is 116 cm³/mol. The monoisotopic (exact) mass is 439 g/mol. The number of ketones is 1. The van der Waals surface area contributed by atoms with E-state index in [4.69, 9.17) is 9.47 Å². The van der Waals surface area contributed by atoms with E-state index < -0.39 is 10.7 Å². The number of aryl methyl sites for hydroxylation is 2. The minimum atomic E-state index is -0.645. The van der Waals surface area contributed by atoms with Gasteiger partial charge in [-0.05, 0) is 43.7 Å². The van der Waals surface area contributed by atoms with E-state index in [1.54, 1.807) is 42.9 Å². The van der Waals surface area contributed by atoms with Crippen molar-refractivity contribution in [3.8, 4) is 11.5 Å². The Morgan fingerprint density at radius 1 is 1.22 bits per heavy atom. The molecule has 32 heavy (non-hydrogen) atoms. The Morgan fingerprint density at radius 3 is 2.59 bits per heavy atom. The maximum Gasteiger partial charge on any atom is 0.311 e. The van der Waals surface area contributed by atoms with Gasteiger partial charge in [-0.2, -0.15) is 5.10 Å². The van der Waals surface area contributed by atoms with Crippen LogP contribution in [-0.4, -0.2) is 27.6 Å². The van der Waals surface area contributed by atoms with Crippen LogP contribution in [0.4, 0.5) is 10.1 Å². The maximum atomic E-state index is 13.5. The summed E-state index contributed by atoms with van der Waals surface area (Å²) in [6.45, 7) is 3.52. The topological polar surface area (TPSA) is 96.5 Å². The smallest absolute Gasteiger partial charge is 0.311 e. The van der Waals surface area contributed by atoms with Gasteiger partial charge in [0.2, 0.25) is 0 Å². The van der Waals surface area contributed by atoms with Gasteiger partial charge in [0.15, 0.2) is 11.5 Å². The third kappa shape index (κ3) is 4.83. The number of aromatic nitrogens is 2. The van der Waals surface area contributed by atoms with Crippen LogP contribution in [0, 0.1) is 29.8 Å². The third-order valence-electron chi connectivity index (χ3n) is 4.99. The van der Waals surface area contributed by atoms with Gasteiger partial charge in [-0.1, -0.05) is 12.1 Å². The normalized spacial score (nSPS) is 11.0. The summed E-state index contributed by atoms with van der Waals surface area (Å²) in [4.78, 5) is 23.2. The summed E-state index contributed by atoms with van der Waals surface area (Å²) < 4.78 is 26.1. The number of allylic oxidation sites excluding steroid dienone is 1. The number of hydrogen-bond acceptors (Lipinski definition) is 6. The second-order valence-electron chi connectivity index (χ2n) is 7.10. The lowest BCUT2D eigenvalue weighted by Gasteiger charge is -2.11. The molecule has 166 valence electrons. The first kappa shape index (κ1) is 22.7. The van der Waals surface area contributed by atoms with Crippen LogP contribution in [0.1, 0.15) is 32.9 Å². The Hall–Kier alpha value is -4.01. The maximum absolute atomic E-state index is 13.5. The Morgan fingerprint density at radius 2 is 1.97 bits per heavy atom. The van der Waals surface area contributed by atoms with Crippen molar-refractivity contribution in [3.63, 3.8) is 0 Å². The molecule has 0 bridgehead atoms. The quantitative estimate of drug-likeness (QED) is 0.221. The first-order chi connectivity index (χ1) is 15.2.